The molecule has 3 atom stereocenters. The fourth-order valence-corrected chi connectivity index (χ4v) is 5.56. The number of methoxy groups -OCH3 is 2. The predicted molar refractivity (Wildman–Crippen MR) is 155 cm³/mol. The van der Waals surface area contributed by atoms with E-state index in [0.717, 1.165) is 24.7 Å². The Bertz CT molecular complexity index is 972. The molecule has 1 N–H and O–H groups in total. The lowest BCUT2D eigenvalue weighted by Crippen LogP contribution is -2.27. The average molecular weight is 529 g/mol. The van der Waals surface area contributed by atoms with Gasteiger partial charge in [-0.05, 0) is 63.0 Å². The van der Waals surface area contributed by atoms with E-state index >= 15 is 0 Å². The summed E-state index contributed by atoms with van der Waals surface area (Å²) >= 11 is 0. The standard InChI is InChI=1S/C33H52O5/c1-22(2)12-9-13-23(3)14-10-15-24(4)16-11-18-33(6,36)19-17-26-25(5)31(34)27-20-29(37-7)30(38-8)21-28(27)32(26)35/h20-24,36H,9-19H2,1-8H3. The number of Topliss-reactive ketones (excluding diaryl/α,β-unsaturated/α-hetero) is 2. The molecular formula is C33H52O5. The Kier molecular flexibility index (Phi) is 12.5. The van der Waals surface area contributed by atoms with Gasteiger partial charge in [0, 0.05) is 22.3 Å². The van der Waals surface area contributed by atoms with E-state index in [9.17, 15) is 14.7 Å². The molecule has 1 aromatic rings. The molecule has 0 bridgehead atoms. The molecule has 5 nitrogen and oxygen atoms in total. The van der Waals surface area contributed by atoms with Gasteiger partial charge < -0.3 is 14.6 Å². The van der Waals surface area contributed by atoms with E-state index < -0.39 is 5.60 Å². The third-order valence-electron chi connectivity index (χ3n) is 8.28. The van der Waals surface area contributed by atoms with Gasteiger partial charge in [0.15, 0.2) is 23.1 Å². The van der Waals surface area contributed by atoms with Crippen LogP contribution < -0.4 is 9.47 Å². The summed E-state index contributed by atoms with van der Waals surface area (Å²) in [5.74, 6) is 2.78. The summed E-state index contributed by atoms with van der Waals surface area (Å²) in [4.78, 5) is 26.4. The van der Waals surface area contributed by atoms with Gasteiger partial charge >= 0.3 is 0 Å². The van der Waals surface area contributed by atoms with Gasteiger partial charge in [-0.15, -0.1) is 0 Å². The highest BCUT2D eigenvalue weighted by Crippen LogP contribution is 2.37. The average Bonchev–Trinajstić information content (AvgIpc) is 2.86. The highest BCUT2D eigenvalue weighted by atomic mass is 16.5. The van der Waals surface area contributed by atoms with Crippen LogP contribution in [0.25, 0.3) is 0 Å². The molecule has 1 aliphatic rings. The molecule has 5 heteroatoms. The molecule has 0 aliphatic heterocycles. The van der Waals surface area contributed by atoms with Gasteiger partial charge in [-0.2, -0.15) is 0 Å². The zero-order valence-electron chi connectivity index (χ0n) is 25.2. The molecule has 214 valence electrons. The number of ether oxygens (including phenoxy) is 2. The Labute approximate surface area is 231 Å². The largest absolute Gasteiger partial charge is 0.493 e. The summed E-state index contributed by atoms with van der Waals surface area (Å²) in [6.07, 6.45) is 11.4. The normalized spacial score (nSPS) is 16.9. The highest BCUT2D eigenvalue weighted by molar-refractivity contribution is 6.27. The summed E-state index contributed by atoms with van der Waals surface area (Å²) < 4.78 is 10.7. The Morgan fingerprint density at radius 3 is 1.74 bits per heavy atom. The Morgan fingerprint density at radius 2 is 1.24 bits per heavy atom. The summed E-state index contributed by atoms with van der Waals surface area (Å²) in [6, 6.07) is 3.17. The van der Waals surface area contributed by atoms with E-state index in [1.54, 1.807) is 19.1 Å². The summed E-state index contributed by atoms with van der Waals surface area (Å²) in [6.45, 7) is 12.9. The van der Waals surface area contributed by atoms with Crippen molar-refractivity contribution in [2.45, 2.75) is 118 Å². The SMILES string of the molecule is COc1cc2c(cc1OC)C(=O)C(CCC(C)(O)CCCC(C)CCCC(C)CCCC(C)C)=C(C)C2=O. The monoisotopic (exact) mass is 528 g/mol. The summed E-state index contributed by atoms with van der Waals surface area (Å²) in [7, 11) is 3.02. The molecule has 1 aromatic carbocycles. The summed E-state index contributed by atoms with van der Waals surface area (Å²) in [5, 5.41) is 11.1. The van der Waals surface area contributed by atoms with E-state index in [0.29, 0.717) is 59.0 Å². The molecule has 2 rings (SSSR count). The fraction of sp³-hybridized carbons (Fsp3) is 0.697. The second kappa shape index (κ2) is 14.9. The summed E-state index contributed by atoms with van der Waals surface area (Å²) in [5.41, 5.74) is 0.762. The van der Waals surface area contributed by atoms with E-state index in [1.807, 2.05) is 6.92 Å². The van der Waals surface area contributed by atoms with Crippen molar-refractivity contribution in [2.75, 3.05) is 14.2 Å². The number of aliphatic hydroxyl groups is 1. The molecule has 0 saturated heterocycles. The van der Waals surface area contributed by atoms with Crippen LogP contribution in [0.3, 0.4) is 0 Å². The van der Waals surface area contributed by atoms with Crippen molar-refractivity contribution in [1.29, 1.82) is 0 Å². The number of carbonyl (C=O) groups is 2. The minimum Gasteiger partial charge on any atom is -0.493 e. The van der Waals surface area contributed by atoms with Crippen LogP contribution in [0.2, 0.25) is 0 Å². The van der Waals surface area contributed by atoms with E-state index in [1.165, 1.54) is 52.7 Å². The molecule has 0 spiro atoms. The first-order valence-electron chi connectivity index (χ1n) is 14.7. The lowest BCUT2D eigenvalue weighted by atomic mass is 9.80. The van der Waals surface area contributed by atoms with E-state index in [4.69, 9.17) is 9.47 Å². The first-order chi connectivity index (χ1) is 17.9. The van der Waals surface area contributed by atoms with Crippen LogP contribution in [0, 0.1) is 17.8 Å². The van der Waals surface area contributed by atoms with Crippen LogP contribution in [0.1, 0.15) is 133 Å². The molecular weight excluding hydrogens is 476 g/mol. The molecule has 0 amide bonds. The van der Waals surface area contributed by atoms with Crippen LogP contribution in [-0.4, -0.2) is 36.5 Å². The number of carbonyl (C=O) groups excluding carboxylic acids is 2. The predicted octanol–water partition coefficient (Wildman–Crippen LogP) is 8.37. The molecule has 0 saturated carbocycles. The van der Waals surface area contributed by atoms with Crippen molar-refractivity contribution in [3.8, 4) is 11.5 Å². The molecule has 0 aromatic heterocycles. The van der Waals surface area contributed by atoms with Gasteiger partial charge in [-0.1, -0.05) is 79.1 Å². The lowest BCUT2D eigenvalue weighted by molar-refractivity contribution is 0.0384. The van der Waals surface area contributed by atoms with Crippen molar-refractivity contribution in [1.82, 2.24) is 0 Å². The number of ketones is 2. The van der Waals surface area contributed by atoms with E-state index in [2.05, 4.69) is 27.7 Å². The minimum atomic E-state index is -0.876. The number of hydrogen-bond donors (Lipinski definition) is 1. The lowest BCUT2D eigenvalue weighted by Gasteiger charge is -2.26. The van der Waals surface area contributed by atoms with Gasteiger partial charge in [0.2, 0.25) is 0 Å². The second-order valence-electron chi connectivity index (χ2n) is 12.4. The third kappa shape index (κ3) is 9.25. The van der Waals surface area contributed by atoms with Crippen LogP contribution >= 0.6 is 0 Å². The fourth-order valence-electron chi connectivity index (χ4n) is 5.56. The number of benzene rings is 1. The molecule has 0 heterocycles. The van der Waals surface area contributed by atoms with Crippen LogP contribution in [0.15, 0.2) is 23.3 Å². The third-order valence-corrected chi connectivity index (χ3v) is 8.28. The zero-order valence-corrected chi connectivity index (χ0v) is 25.2. The zero-order chi connectivity index (χ0) is 28.5. The maximum atomic E-state index is 13.3. The molecule has 0 radical (unpaired) electrons. The quantitative estimate of drug-likeness (QED) is 0.220. The first-order valence-corrected chi connectivity index (χ1v) is 14.7. The van der Waals surface area contributed by atoms with E-state index in [-0.39, 0.29) is 11.6 Å². The molecule has 1 aliphatic carbocycles. The maximum Gasteiger partial charge on any atom is 0.190 e. The Hall–Kier alpha value is -2.14. The van der Waals surface area contributed by atoms with Gasteiger partial charge in [0.1, 0.15) is 0 Å². The van der Waals surface area contributed by atoms with Crippen LogP contribution in [0.5, 0.6) is 11.5 Å². The van der Waals surface area contributed by atoms with Gasteiger partial charge in [-0.3, -0.25) is 9.59 Å². The Morgan fingerprint density at radius 1 is 0.763 bits per heavy atom. The first kappa shape index (κ1) is 32.1. The second-order valence-corrected chi connectivity index (χ2v) is 12.4. The minimum absolute atomic E-state index is 0.166. The number of allylic oxidation sites excluding steroid dienone is 2. The molecule has 38 heavy (non-hydrogen) atoms. The number of rotatable bonds is 17. The number of fused-ring (bicyclic) bond motifs is 1. The van der Waals surface area contributed by atoms with Crippen LogP contribution in [-0.2, 0) is 0 Å². The maximum absolute atomic E-state index is 13.3. The molecule has 3 unspecified atom stereocenters. The Balaban J connectivity index is 1.83. The highest BCUT2D eigenvalue weighted by Gasteiger charge is 2.33. The molecule has 0 fully saturated rings. The van der Waals surface area contributed by atoms with Crippen LogP contribution in [0.4, 0.5) is 0 Å². The topological polar surface area (TPSA) is 72.8 Å². The van der Waals surface area contributed by atoms with Gasteiger partial charge in [0.05, 0.1) is 19.8 Å². The van der Waals surface area contributed by atoms with Crippen molar-refractivity contribution < 1.29 is 24.2 Å². The smallest absolute Gasteiger partial charge is 0.190 e. The number of hydrogen-bond acceptors (Lipinski definition) is 5. The van der Waals surface area contributed by atoms with Crippen molar-refractivity contribution in [3.63, 3.8) is 0 Å². The van der Waals surface area contributed by atoms with Gasteiger partial charge in [0.25, 0.3) is 0 Å². The van der Waals surface area contributed by atoms with Crippen molar-refractivity contribution >= 4 is 11.6 Å². The van der Waals surface area contributed by atoms with Crippen molar-refractivity contribution in [2.24, 2.45) is 17.8 Å². The van der Waals surface area contributed by atoms with Gasteiger partial charge in [-0.25, -0.2) is 0 Å². The van der Waals surface area contributed by atoms with Crippen molar-refractivity contribution in [3.05, 3.63) is 34.4 Å².